The van der Waals surface area contributed by atoms with Gasteiger partial charge < -0.3 is 19.3 Å². The van der Waals surface area contributed by atoms with Crippen molar-refractivity contribution in [2.45, 2.75) is 19.3 Å². The fraction of sp³-hybridized carbons (Fsp3) is 0.310. The summed E-state index contributed by atoms with van der Waals surface area (Å²) in [6.45, 7) is 1.68. The molecule has 1 spiro atoms. The number of amides is 2. The van der Waals surface area contributed by atoms with Gasteiger partial charge in [0.05, 0.1) is 32.0 Å². The highest BCUT2D eigenvalue weighted by Gasteiger charge is 2.49. The van der Waals surface area contributed by atoms with Crippen LogP contribution in [-0.2, 0) is 4.79 Å². The van der Waals surface area contributed by atoms with Gasteiger partial charge >= 0.3 is 0 Å². The lowest BCUT2D eigenvalue weighted by Crippen LogP contribution is -2.46. The molecule has 9 heteroatoms. The van der Waals surface area contributed by atoms with E-state index in [1.54, 1.807) is 26.6 Å². The molecule has 194 valence electrons. The van der Waals surface area contributed by atoms with Crippen molar-refractivity contribution in [3.8, 4) is 22.6 Å². The second kappa shape index (κ2) is 9.48. The number of hydrogen-bond acceptors (Lipinski definition) is 6. The molecule has 0 bridgehead atoms. The summed E-state index contributed by atoms with van der Waals surface area (Å²) in [4.78, 5) is 35.3. The lowest BCUT2D eigenvalue weighted by atomic mass is 9.77. The van der Waals surface area contributed by atoms with Gasteiger partial charge in [-0.3, -0.25) is 14.7 Å². The third-order valence-electron chi connectivity index (χ3n) is 8.01. The standard InChI is InChI=1S/C29H29N5O4/c1-37-24-15-20(7-8-21(24)19-16-31-32-17-19)34-14-11-29(28(34)36)9-12-33(13-10-29)27(35)26-23-6-4-3-5-22(23)25(38-2)18-30-26/h3-8,15-18H,9-14H2,1-2H3,(H,31,32). The van der Waals surface area contributed by atoms with E-state index in [4.69, 9.17) is 9.47 Å². The van der Waals surface area contributed by atoms with Gasteiger partial charge in [0.2, 0.25) is 5.91 Å². The molecule has 0 unspecified atom stereocenters. The van der Waals surface area contributed by atoms with Gasteiger partial charge in [0, 0.05) is 59.5 Å². The van der Waals surface area contributed by atoms with Gasteiger partial charge in [-0.15, -0.1) is 0 Å². The summed E-state index contributed by atoms with van der Waals surface area (Å²) in [5.74, 6) is 1.34. The highest BCUT2D eigenvalue weighted by Crippen LogP contribution is 2.44. The first-order valence-corrected chi connectivity index (χ1v) is 12.7. The molecular weight excluding hydrogens is 482 g/mol. The molecule has 1 N–H and O–H groups in total. The topological polar surface area (TPSA) is 101 Å². The summed E-state index contributed by atoms with van der Waals surface area (Å²) in [7, 11) is 3.23. The zero-order valence-corrected chi connectivity index (χ0v) is 21.4. The molecule has 2 aromatic carbocycles. The van der Waals surface area contributed by atoms with E-state index in [9.17, 15) is 9.59 Å². The second-order valence-corrected chi connectivity index (χ2v) is 9.87. The van der Waals surface area contributed by atoms with Crippen LogP contribution in [0.5, 0.6) is 11.5 Å². The number of hydrogen-bond donors (Lipinski definition) is 1. The number of aromatic amines is 1. The molecule has 0 atom stereocenters. The van der Waals surface area contributed by atoms with Crippen LogP contribution in [-0.4, -0.2) is 65.7 Å². The number of nitrogens with zero attached hydrogens (tertiary/aromatic N) is 4. The smallest absolute Gasteiger partial charge is 0.273 e. The number of pyridine rings is 1. The van der Waals surface area contributed by atoms with E-state index in [1.807, 2.05) is 58.5 Å². The molecule has 4 heterocycles. The molecule has 2 fully saturated rings. The van der Waals surface area contributed by atoms with Gasteiger partial charge in [0.1, 0.15) is 17.2 Å². The number of aromatic nitrogens is 3. The third-order valence-corrected chi connectivity index (χ3v) is 8.01. The van der Waals surface area contributed by atoms with Crippen molar-refractivity contribution in [1.29, 1.82) is 0 Å². The summed E-state index contributed by atoms with van der Waals surface area (Å²) < 4.78 is 11.1. The maximum Gasteiger partial charge on any atom is 0.273 e. The van der Waals surface area contributed by atoms with E-state index in [1.165, 1.54) is 0 Å². The van der Waals surface area contributed by atoms with Crippen LogP contribution in [0.2, 0.25) is 0 Å². The lowest BCUT2D eigenvalue weighted by Gasteiger charge is -2.38. The molecule has 2 aliphatic heterocycles. The number of likely N-dealkylation sites (tertiary alicyclic amines) is 1. The van der Waals surface area contributed by atoms with Crippen molar-refractivity contribution >= 4 is 28.3 Å². The Bertz CT molecular complexity index is 1510. The van der Waals surface area contributed by atoms with E-state index in [-0.39, 0.29) is 11.8 Å². The first-order valence-electron chi connectivity index (χ1n) is 12.7. The van der Waals surface area contributed by atoms with Crippen LogP contribution in [0.25, 0.3) is 21.9 Å². The number of H-pyrrole nitrogens is 1. The predicted molar refractivity (Wildman–Crippen MR) is 143 cm³/mol. The molecule has 4 aromatic rings. The maximum absolute atomic E-state index is 13.7. The predicted octanol–water partition coefficient (Wildman–Crippen LogP) is 4.30. The van der Waals surface area contributed by atoms with Crippen molar-refractivity contribution in [2.24, 2.45) is 5.41 Å². The molecule has 6 rings (SSSR count). The van der Waals surface area contributed by atoms with Crippen molar-refractivity contribution in [2.75, 3.05) is 38.8 Å². The van der Waals surface area contributed by atoms with E-state index in [0.29, 0.717) is 49.7 Å². The number of ether oxygens (including phenoxy) is 2. The minimum Gasteiger partial charge on any atom is -0.496 e. The van der Waals surface area contributed by atoms with Crippen LogP contribution in [0.4, 0.5) is 5.69 Å². The maximum atomic E-state index is 13.7. The van der Waals surface area contributed by atoms with Gasteiger partial charge in [0.25, 0.3) is 5.91 Å². The monoisotopic (exact) mass is 511 g/mol. The molecule has 2 aromatic heterocycles. The molecular formula is C29H29N5O4. The summed E-state index contributed by atoms with van der Waals surface area (Å²) in [6, 6.07) is 13.5. The minimum atomic E-state index is -0.456. The normalized spacial score (nSPS) is 16.8. The van der Waals surface area contributed by atoms with E-state index < -0.39 is 5.41 Å². The number of benzene rings is 2. The highest BCUT2D eigenvalue weighted by atomic mass is 16.5. The van der Waals surface area contributed by atoms with Gasteiger partial charge in [-0.05, 0) is 31.4 Å². The van der Waals surface area contributed by atoms with Crippen molar-refractivity contribution < 1.29 is 19.1 Å². The number of methoxy groups -OCH3 is 2. The fourth-order valence-electron chi connectivity index (χ4n) is 5.80. The minimum absolute atomic E-state index is 0.111. The van der Waals surface area contributed by atoms with E-state index in [0.717, 1.165) is 34.0 Å². The van der Waals surface area contributed by atoms with Crippen molar-refractivity contribution in [1.82, 2.24) is 20.1 Å². The van der Waals surface area contributed by atoms with Gasteiger partial charge in [-0.1, -0.05) is 24.3 Å². The number of rotatable bonds is 5. The van der Waals surface area contributed by atoms with Gasteiger partial charge in [0.15, 0.2) is 0 Å². The number of carbonyl (C=O) groups is 2. The van der Waals surface area contributed by atoms with Crippen LogP contribution < -0.4 is 14.4 Å². The largest absolute Gasteiger partial charge is 0.496 e. The first-order chi connectivity index (χ1) is 18.5. The van der Waals surface area contributed by atoms with Gasteiger partial charge in [-0.2, -0.15) is 5.10 Å². The van der Waals surface area contributed by atoms with Crippen LogP contribution in [0, 0.1) is 5.41 Å². The quantitative estimate of drug-likeness (QED) is 0.429. The van der Waals surface area contributed by atoms with Crippen LogP contribution in [0.15, 0.2) is 61.1 Å². The van der Waals surface area contributed by atoms with Crippen LogP contribution >= 0.6 is 0 Å². The summed E-state index contributed by atoms with van der Waals surface area (Å²) in [5.41, 5.74) is 2.62. The SMILES string of the molecule is COc1cc(N2CCC3(CCN(C(=O)c4ncc(OC)c5ccccc45)CC3)C2=O)ccc1-c1cn[nH]c1. The number of carbonyl (C=O) groups excluding carboxylic acids is 2. The average molecular weight is 512 g/mol. The van der Waals surface area contributed by atoms with E-state index in [2.05, 4.69) is 15.2 Å². The zero-order chi connectivity index (χ0) is 26.3. The average Bonchev–Trinajstić information content (AvgIpc) is 3.61. The molecule has 2 amide bonds. The Labute approximate surface area is 220 Å². The summed E-state index contributed by atoms with van der Waals surface area (Å²) in [6.07, 6.45) is 7.19. The first kappa shape index (κ1) is 24.0. The number of anilines is 1. The Morgan fingerprint density at radius 3 is 2.39 bits per heavy atom. The summed E-state index contributed by atoms with van der Waals surface area (Å²) in [5, 5.41) is 8.47. The zero-order valence-electron chi connectivity index (χ0n) is 21.4. The summed E-state index contributed by atoms with van der Waals surface area (Å²) >= 11 is 0. The molecule has 2 aliphatic rings. The Kier molecular flexibility index (Phi) is 5.98. The van der Waals surface area contributed by atoms with Crippen LogP contribution in [0.1, 0.15) is 29.8 Å². The lowest BCUT2D eigenvalue weighted by molar-refractivity contribution is -0.127. The number of fused-ring (bicyclic) bond motifs is 1. The molecule has 38 heavy (non-hydrogen) atoms. The third kappa shape index (κ3) is 3.86. The Morgan fingerprint density at radius 2 is 1.68 bits per heavy atom. The fourth-order valence-corrected chi connectivity index (χ4v) is 5.80. The Morgan fingerprint density at radius 1 is 0.947 bits per heavy atom. The van der Waals surface area contributed by atoms with Crippen molar-refractivity contribution in [3.05, 3.63) is 66.7 Å². The van der Waals surface area contributed by atoms with Crippen molar-refractivity contribution in [3.63, 3.8) is 0 Å². The molecule has 0 aliphatic carbocycles. The Hall–Kier alpha value is -4.40. The second-order valence-electron chi connectivity index (χ2n) is 9.87. The number of nitrogens with one attached hydrogen (secondary N) is 1. The van der Waals surface area contributed by atoms with Crippen LogP contribution in [0.3, 0.4) is 0 Å². The molecule has 9 nitrogen and oxygen atoms in total. The highest BCUT2D eigenvalue weighted by molar-refractivity contribution is 6.07. The van der Waals surface area contributed by atoms with Gasteiger partial charge in [-0.25, -0.2) is 4.98 Å². The Balaban J connectivity index is 1.19. The van der Waals surface area contributed by atoms with E-state index >= 15 is 0 Å². The molecule has 0 saturated carbocycles. The number of piperidine rings is 1. The molecule has 2 saturated heterocycles. The molecule has 0 radical (unpaired) electrons.